The summed E-state index contributed by atoms with van der Waals surface area (Å²) in [4.78, 5) is 4.32. The number of benzene rings is 1. The van der Waals surface area contributed by atoms with Crippen LogP contribution in [0.4, 0.5) is 0 Å². The topological polar surface area (TPSA) is 40.0 Å². The molecular formula is C14H21NO3. The van der Waals surface area contributed by atoms with Gasteiger partial charge in [0.15, 0.2) is 6.29 Å². The Hall–Kier alpha value is -1.39. The third-order valence-corrected chi connectivity index (χ3v) is 2.30. The fourth-order valence-corrected chi connectivity index (χ4v) is 1.48. The molecule has 4 nitrogen and oxygen atoms in total. The molecular weight excluding hydrogens is 230 g/mol. The number of nitrogens with zero attached hydrogens (tertiary/aromatic N) is 1. The van der Waals surface area contributed by atoms with Crippen LogP contribution in [0.15, 0.2) is 29.3 Å². The zero-order valence-corrected chi connectivity index (χ0v) is 11.3. The summed E-state index contributed by atoms with van der Waals surface area (Å²) < 4.78 is 15.9. The molecule has 0 heterocycles. The molecule has 0 aliphatic heterocycles. The third-order valence-electron chi connectivity index (χ3n) is 2.30. The fraction of sp³-hybridized carbons (Fsp3) is 0.500. The van der Waals surface area contributed by atoms with Gasteiger partial charge in [-0.1, -0.05) is 12.1 Å². The maximum Gasteiger partial charge on any atom is 0.193 e. The second-order valence-corrected chi connectivity index (χ2v) is 3.62. The Balaban J connectivity index is 2.50. The van der Waals surface area contributed by atoms with Gasteiger partial charge in [-0.3, -0.25) is 4.99 Å². The van der Waals surface area contributed by atoms with Gasteiger partial charge in [0.25, 0.3) is 0 Å². The van der Waals surface area contributed by atoms with E-state index in [9.17, 15) is 0 Å². The first-order valence-electron chi connectivity index (χ1n) is 6.16. The van der Waals surface area contributed by atoms with E-state index in [0.717, 1.165) is 11.3 Å². The molecule has 1 aromatic rings. The summed E-state index contributed by atoms with van der Waals surface area (Å²) in [5, 5.41) is 0. The number of ether oxygens (including phenoxy) is 3. The van der Waals surface area contributed by atoms with Gasteiger partial charge in [-0.05, 0) is 31.5 Å². The van der Waals surface area contributed by atoms with Crippen molar-refractivity contribution in [1.29, 1.82) is 0 Å². The number of aliphatic imine (C=N–C) groups is 1. The molecule has 18 heavy (non-hydrogen) atoms. The molecule has 0 unspecified atom stereocenters. The molecule has 0 saturated heterocycles. The minimum atomic E-state index is -0.356. The normalized spacial score (nSPS) is 11.3. The molecule has 1 aromatic carbocycles. The summed E-state index contributed by atoms with van der Waals surface area (Å²) in [6, 6.07) is 7.84. The molecule has 0 radical (unpaired) electrons. The van der Waals surface area contributed by atoms with Crippen LogP contribution in [0.3, 0.4) is 0 Å². The molecule has 0 aromatic heterocycles. The zero-order chi connectivity index (χ0) is 13.2. The van der Waals surface area contributed by atoms with E-state index in [-0.39, 0.29) is 6.29 Å². The van der Waals surface area contributed by atoms with Gasteiger partial charge < -0.3 is 14.2 Å². The standard InChI is InChI=1S/C14H21NO3/c1-4-17-14(18-5-2)11-15-10-12-7-6-8-13(9-12)16-3/h6-9,11,14H,4-5,10H2,1-3H3. The summed E-state index contributed by atoms with van der Waals surface area (Å²) in [7, 11) is 1.66. The lowest BCUT2D eigenvalue weighted by Crippen LogP contribution is -2.18. The SMILES string of the molecule is CCOC(C=NCc1cccc(OC)c1)OCC. The second kappa shape index (κ2) is 8.66. The molecule has 0 spiro atoms. The Morgan fingerprint density at radius 3 is 2.56 bits per heavy atom. The van der Waals surface area contributed by atoms with Gasteiger partial charge >= 0.3 is 0 Å². The van der Waals surface area contributed by atoms with E-state index in [1.54, 1.807) is 13.3 Å². The molecule has 100 valence electrons. The first kappa shape index (κ1) is 14.7. The van der Waals surface area contributed by atoms with Gasteiger partial charge in [-0.15, -0.1) is 0 Å². The number of methoxy groups -OCH3 is 1. The maximum atomic E-state index is 5.37. The predicted molar refractivity (Wildman–Crippen MR) is 72.2 cm³/mol. The summed E-state index contributed by atoms with van der Waals surface area (Å²) in [5.41, 5.74) is 1.09. The Morgan fingerprint density at radius 2 is 1.94 bits per heavy atom. The number of hydrogen-bond acceptors (Lipinski definition) is 4. The second-order valence-electron chi connectivity index (χ2n) is 3.62. The van der Waals surface area contributed by atoms with Crippen LogP contribution < -0.4 is 4.74 Å². The highest BCUT2D eigenvalue weighted by Crippen LogP contribution is 2.13. The Kier molecular flexibility index (Phi) is 7.06. The maximum absolute atomic E-state index is 5.37. The van der Waals surface area contributed by atoms with E-state index >= 15 is 0 Å². The predicted octanol–water partition coefficient (Wildman–Crippen LogP) is 2.67. The average Bonchev–Trinajstić information content (AvgIpc) is 2.39. The van der Waals surface area contributed by atoms with Crippen LogP contribution >= 0.6 is 0 Å². The molecule has 0 amide bonds. The van der Waals surface area contributed by atoms with Crippen LogP contribution in [0.5, 0.6) is 5.75 Å². The lowest BCUT2D eigenvalue weighted by atomic mass is 10.2. The van der Waals surface area contributed by atoms with Crippen LogP contribution in [0.25, 0.3) is 0 Å². The van der Waals surface area contributed by atoms with Crippen molar-refractivity contribution < 1.29 is 14.2 Å². The van der Waals surface area contributed by atoms with Crippen molar-refractivity contribution in [2.75, 3.05) is 20.3 Å². The largest absolute Gasteiger partial charge is 0.497 e. The highest BCUT2D eigenvalue weighted by atomic mass is 16.7. The smallest absolute Gasteiger partial charge is 0.193 e. The van der Waals surface area contributed by atoms with Gasteiger partial charge in [-0.2, -0.15) is 0 Å². The van der Waals surface area contributed by atoms with Crippen molar-refractivity contribution in [1.82, 2.24) is 0 Å². The molecule has 0 bridgehead atoms. The average molecular weight is 251 g/mol. The summed E-state index contributed by atoms with van der Waals surface area (Å²) >= 11 is 0. The molecule has 0 saturated carbocycles. The Bertz CT molecular complexity index is 360. The van der Waals surface area contributed by atoms with Crippen molar-refractivity contribution in [2.24, 2.45) is 4.99 Å². The summed E-state index contributed by atoms with van der Waals surface area (Å²) in [6.07, 6.45) is 1.34. The Labute approximate surface area is 109 Å². The molecule has 0 aliphatic carbocycles. The summed E-state index contributed by atoms with van der Waals surface area (Å²) in [6.45, 7) is 5.67. The summed E-state index contributed by atoms with van der Waals surface area (Å²) in [5.74, 6) is 0.842. The lowest BCUT2D eigenvalue weighted by Gasteiger charge is -2.11. The first-order valence-corrected chi connectivity index (χ1v) is 6.16. The molecule has 0 fully saturated rings. The van der Waals surface area contributed by atoms with E-state index in [2.05, 4.69) is 4.99 Å². The van der Waals surface area contributed by atoms with Gasteiger partial charge in [0.1, 0.15) is 5.75 Å². The highest BCUT2D eigenvalue weighted by molar-refractivity contribution is 5.61. The molecule has 1 rings (SSSR count). The number of rotatable bonds is 8. The molecule has 0 aliphatic rings. The minimum Gasteiger partial charge on any atom is -0.497 e. The van der Waals surface area contributed by atoms with Gasteiger partial charge in [0, 0.05) is 13.2 Å². The van der Waals surface area contributed by atoms with E-state index in [4.69, 9.17) is 14.2 Å². The molecule has 4 heteroatoms. The lowest BCUT2D eigenvalue weighted by molar-refractivity contribution is -0.0868. The van der Waals surface area contributed by atoms with Crippen LogP contribution in [0.1, 0.15) is 19.4 Å². The Morgan fingerprint density at radius 1 is 1.22 bits per heavy atom. The van der Waals surface area contributed by atoms with Crippen LogP contribution in [0, 0.1) is 0 Å². The van der Waals surface area contributed by atoms with Gasteiger partial charge in [0.2, 0.25) is 0 Å². The van der Waals surface area contributed by atoms with Crippen molar-refractivity contribution in [2.45, 2.75) is 26.7 Å². The van der Waals surface area contributed by atoms with Gasteiger partial charge in [-0.25, -0.2) is 0 Å². The third kappa shape index (κ3) is 5.29. The minimum absolute atomic E-state index is 0.356. The highest BCUT2D eigenvalue weighted by Gasteiger charge is 2.02. The van der Waals surface area contributed by atoms with E-state index in [1.807, 2.05) is 38.1 Å². The van der Waals surface area contributed by atoms with E-state index in [1.165, 1.54) is 0 Å². The molecule has 0 N–H and O–H groups in total. The van der Waals surface area contributed by atoms with Crippen molar-refractivity contribution in [3.63, 3.8) is 0 Å². The van der Waals surface area contributed by atoms with Crippen LogP contribution in [-0.4, -0.2) is 32.8 Å². The first-order chi connectivity index (χ1) is 8.80. The van der Waals surface area contributed by atoms with E-state index < -0.39 is 0 Å². The van der Waals surface area contributed by atoms with E-state index in [0.29, 0.717) is 19.8 Å². The van der Waals surface area contributed by atoms with Crippen LogP contribution in [0.2, 0.25) is 0 Å². The quantitative estimate of drug-likeness (QED) is 0.527. The zero-order valence-electron chi connectivity index (χ0n) is 11.3. The van der Waals surface area contributed by atoms with Crippen molar-refractivity contribution in [3.05, 3.63) is 29.8 Å². The number of hydrogen-bond donors (Lipinski definition) is 0. The van der Waals surface area contributed by atoms with Gasteiger partial charge in [0.05, 0.1) is 19.9 Å². The monoisotopic (exact) mass is 251 g/mol. The van der Waals surface area contributed by atoms with Crippen molar-refractivity contribution in [3.8, 4) is 5.75 Å². The fourth-order valence-electron chi connectivity index (χ4n) is 1.48. The molecule has 0 atom stereocenters. The van der Waals surface area contributed by atoms with Crippen molar-refractivity contribution >= 4 is 6.21 Å². The van der Waals surface area contributed by atoms with Crippen LogP contribution in [-0.2, 0) is 16.0 Å².